The highest BCUT2D eigenvalue weighted by Gasteiger charge is 2.47. The fraction of sp³-hybridized carbons (Fsp3) is 0. The number of benzene rings is 2. The molecule has 22 heavy (non-hydrogen) atoms. The quantitative estimate of drug-likeness (QED) is 0.552. The van der Waals surface area contributed by atoms with E-state index in [1.54, 1.807) is 0 Å². The fourth-order valence-electron chi connectivity index (χ4n) is 2.93. The van der Waals surface area contributed by atoms with Crippen molar-refractivity contribution in [2.24, 2.45) is 0 Å². The van der Waals surface area contributed by atoms with Crippen LogP contribution in [-0.4, -0.2) is 23.1 Å². The summed E-state index contributed by atoms with van der Waals surface area (Å²) in [5.41, 5.74) is -4.34. The van der Waals surface area contributed by atoms with Crippen LogP contribution in [0.3, 0.4) is 0 Å². The SMILES string of the molecule is O=C1C(=O)c2c(F)c(F)c3c4c(c(F)c(F)c1c24)C(=O)C3=O. The highest BCUT2D eigenvalue weighted by atomic mass is 19.2. The van der Waals surface area contributed by atoms with Crippen molar-refractivity contribution in [2.45, 2.75) is 0 Å². The van der Waals surface area contributed by atoms with Crippen LogP contribution in [-0.2, 0) is 0 Å². The molecule has 0 aliphatic heterocycles. The maximum atomic E-state index is 14.0. The molecule has 108 valence electrons. The molecule has 2 aliphatic rings. The first-order valence-electron chi connectivity index (χ1n) is 5.82. The van der Waals surface area contributed by atoms with Crippen LogP contribution in [0, 0.1) is 23.3 Å². The molecule has 0 fully saturated rings. The fourth-order valence-corrected chi connectivity index (χ4v) is 2.93. The number of carbonyl (C=O) groups is 4. The van der Waals surface area contributed by atoms with Gasteiger partial charge in [0.15, 0.2) is 23.3 Å². The number of hydrogen-bond donors (Lipinski definition) is 0. The lowest BCUT2D eigenvalue weighted by molar-refractivity contribution is 0.0815. The number of Topliss-reactive ketones (excluding diaryl/α,β-unsaturated/α-hetero) is 4. The molecule has 4 rings (SSSR count). The maximum Gasteiger partial charge on any atom is 0.237 e. The van der Waals surface area contributed by atoms with Gasteiger partial charge in [-0.2, -0.15) is 0 Å². The molecule has 0 saturated heterocycles. The zero-order valence-corrected chi connectivity index (χ0v) is 10.1. The number of rotatable bonds is 0. The van der Waals surface area contributed by atoms with Crippen molar-refractivity contribution in [1.29, 1.82) is 0 Å². The predicted molar refractivity (Wildman–Crippen MR) is 61.1 cm³/mol. The molecule has 0 bridgehead atoms. The van der Waals surface area contributed by atoms with Gasteiger partial charge in [0.2, 0.25) is 23.1 Å². The number of halogens is 4. The minimum atomic E-state index is -1.83. The van der Waals surface area contributed by atoms with Crippen LogP contribution in [0.5, 0.6) is 0 Å². The van der Waals surface area contributed by atoms with E-state index >= 15 is 0 Å². The minimum absolute atomic E-state index is 0.725. The van der Waals surface area contributed by atoms with E-state index in [0.29, 0.717) is 0 Å². The minimum Gasteiger partial charge on any atom is -0.285 e. The van der Waals surface area contributed by atoms with E-state index in [9.17, 15) is 36.7 Å². The van der Waals surface area contributed by atoms with Gasteiger partial charge in [0, 0.05) is 10.8 Å². The summed E-state index contributed by atoms with van der Waals surface area (Å²) in [5, 5.41) is -1.45. The van der Waals surface area contributed by atoms with Gasteiger partial charge < -0.3 is 0 Å². The van der Waals surface area contributed by atoms with Crippen molar-refractivity contribution in [3.63, 3.8) is 0 Å². The summed E-state index contributed by atoms with van der Waals surface area (Å²) >= 11 is 0. The number of carbonyl (C=O) groups excluding carboxylic acids is 4. The first-order valence-corrected chi connectivity index (χ1v) is 5.82. The number of hydrogen-bond acceptors (Lipinski definition) is 4. The third-order valence-corrected chi connectivity index (χ3v) is 3.83. The van der Waals surface area contributed by atoms with Gasteiger partial charge in [-0.1, -0.05) is 0 Å². The second-order valence-corrected chi connectivity index (χ2v) is 4.82. The first kappa shape index (κ1) is 12.8. The highest BCUT2D eigenvalue weighted by Crippen LogP contribution is 2.44. The molecule has 0 radical (unpaired) electrons. The lowest BCUT2D eigenvalue weighted by Gasteiger charge is -2.07. The molecule has 0 spiro atoms. The van der Waals surface area contributed by atoms with Crippen molar-refractivity contribution in [3.05, 3.63) is 45.5 Å². The summed E-state index contributed by atoms with van der Waals surface area (Å²) in [6.07, 6.45) is 0. The maximum absolute atomic E-state index is 14.0. The normalized spacial score (nSPS) is 15.6. The Morgan fingerprint density at radius 1 is 0.409 bits per heavy atom. The third-order valence-electron chi connectivity index (χ3n) is 3.83. The summed E-state index contributed by atoms with van der Waals surface area (Å²) in [6.45, 7) is 0. The van der Waals surface area contributed by atoms with Crippen molar-refractivity contribution < 1.29 is 36.7 Å². The monoisotopic (exact) mass is 308 g/mol. The predicted octanol–water partition coefficient (Wildman–Crippen LogP) is 2.15. The largest absolute Gasteiger partial charge is 0.285 e. The van der Waals surface area contributed by atoms with Gasteiger partial charge in [-0.05, 0) is 0 Å². The Morgan fingerprint density at radius 2 is 0.591 bits per heavy atom. The van der Waals surface area contributed by atoms with Crippen molar-refractivity contribution >= 4 is 33.9 Å². The summed E-state index contributed by atoms with van der Waals surface area (Å²) < 4.78 is 55.9. The third kappa shape index (κ3) is 1.05. The average Bonchev–Trinajstić information content (AvgIpc) is 2.89. The Labute approximate surface area is 117 Å². The molecule has 0 saturated carbocycles. The Bertz CT molecular complexity index is 875. The van der Waals surface area contributed by atoms with E-state index in [-0.39, 0.29) is 0 Å². The summed E-state index contributed by atoms with van der Waals surface area (Å²) in [7, 11) is 0. The zero-order chi connectivity index (χ0) is 16.1. The molecule has 0 atom stereocenters. The molecule has 0 unspecified atom stereocenters. The van der Waals surface area contributed by atoms with E-state index in [1.165, 1.54) is 0 Å². The van der Waals surface area contributed by atoms with Crippen molar-refractivity contribution in [1.82, 2.24) is 0 Å². The first-order chi connectivity index (χ1) is 10.3. The molecule has 0 heterocycles. The Hall–Kier alpha value is -2.90. The lowest BCUT2D eigenvalue weighted by Crippen LogP contribution is -2.14. The molecule has 0 amide bonds. The molecule has 2 aromatic rings. The molecule has 0 N–H and O–H groups in total. The van der Waals surface area contributed by atoms with Crippen molar-refractivity contribution in [2.75, 3.05) is 0 Å². The Morgan fingerprint density at radius 3 is 0.773 bits per heavy atom. The second kappa shape index (κ2) is 3.46. The molecule has 4 nitrogen and oxygen atoms in total. The Kier molecular flexibility index (Phi) is 2.02. The van der Waals surface area contributed by atoms with Gasteiger partial charge in [-0.25, -0.2) is 17.6 Å². The smallest absolute Gasteiger partial charge is 0.237 e. The van der Waals surface area contributed by atoms with Gasteiger partial charge in [0.05, 0.1) is 22.3 Å². The second-order valence-electron chi connectivity index (χ2n) is 4.82. The average molecular weight is 308 g/mol. The molecule has 2 aliphatic carbocycles. The van der Waals surface area contributed by atoms with E-state index in [1.807, 2.05) is 0 Å². The summed E-state index contributed by atoms with van der Waals surface area (Å²) in [5.74, 6) is -13.6. The summed E-state index contributed by atoms with van der Waals surface area (Å²) in [4.78, 5) is 46.8. The van der Waals surface area contributed by atoms with Gasteiger partial charge in [0.1, 0.15) is 0 Å². The molecular formula is C14F4O4. The lowest BCUT2D eigenvalue weighted by atomic mass is 9.98. The molecular weight excluding hydrogens is 308 g/mol. The van der Waals surface area contributed by atoms with Gasteiger partial charge in [-0.15, -0.1) is 0 Å². The van der Waals surface area contributed by atoms with E-state index in [2.05, 4.69) is 0 Å². The molecule has 8 heteroatoms. The van der Waals surface area contributed by atoms with Crippen LogP contribution >= 0.6 is 0 Å². The van der Waals surface area contributed by atoms with Crippen LogP contribution < -0.4 is 0 Å². The van der Waals surface area contributed by atoms with Crippen molar-refractivity contribution in [3.8, 4) is 0 Å². The zero-order valence-electron chi connectivity index (χ0n) is 10.1. The van der Waals surface area contributed by atoms with E-state index in [0.717, 1.165) is 0 Å². The summed E-state index contributed by atoms with van der Waals surface area (Å²) in [6, 6.07) is 0. The molecule has 0 aromatic heterocycles. The topological polar surface area (TPSA) is 68.3 Å². The van der Waals surface area contributed by atoms with Gasteiger partial charge in [0.25, 0.3) is 0 Å². The highest BCUT2D eigenvalue weighted by molar-refractivity contribution is 6.62. The van der Waals surface area contributed by atoms with Gasteiger partial charge in [-0.3, -0.25) is 19.2 Å². The standard InChI is InChI=1S/C14F4O4/c15-7-3-1-2-5(9(7)17)13(21)14(22)6(2)10(18)8(16)4(1)12(20)11(3)19. The van der Waals surface area contributed by atoms with Crippen LogP contribution in [0.2, 0.25) is 0 Å². The van der Waals surface area contributed by atoms with Gasteiger partial charge >= 0.3 is 0 Å². The van der Waals surface area contributed by atoms with Crippen LogP contribution in [0.1, 0.15) is 41.4 Å². The Balaban J connectivity index is 2.46. The number of ketones is 4. The van der Waals surface area contributed by atoms with E-state index < -0.39 is 79.4 Å². The van der Waals surface area contributed by atoms with E-state index in [4.69, 9.17) is 0 Å². The van der Waals surface area contributed by atoms with Crippen LogP contribution in [0.25, 0.3) is 10.8 Å². The van der Waals surface area contributed by atoms with Crippen LogP contribution in [0.4, 0.5) is 17.6 Å². The molecule has 2 aromatic carbocycles. The van der Waals surface area contributed by atoms with Crippen LogP contribution in [0.15, 0.2) is 0 Å².